The number of hydrogen-bond acceptors (Lipinski definition) is 2. The van der Waals surface area contributed by atoms with Crippen LogP contribution in [0, 0.1) is 5.92 Å². The molecule has 0 spiro atoms. The van der Waals surface area contributed by atoms with Gasteiger partial charge in [0, 0.05) is 19.6 Å². The van der Waals surface area contributed by atoms with E-state index in [2.05, 4.69) is 12.2 Å². The molecular weight excluding hydrogens is 214 g/mol. The lowest BCUT2D eigenvalue weighted by molar-refractivity contribution is 0.0835. The maximum absolute atomic E-state index is 12.1. The maximum atomic E-state index is 12.1. The molecule has 0 aromatic carbocycles. The predicted molar refractivity (Wildman–Crippen MR) is 70.8 cm³/mol. The molecule has 1 fully saturated rings. The number of nitrogens with zero attached hydrogens (tertiary/aromatic N) is 1. The van der Waals surface area contributed by atoms with E-state index in [1.54, 1.807) is 0 Å². The summed E-state index contributed by atoms with van der Waals surface area (Å²) in [7, 11) is 1.88. The number of likely N-dealkylation sites (N-methyl/N-ethyl adjacent to an activating group) is 1. The van der Waals surface area contributed by atoms with Gasteiger partial charge in [0.05, 0.1) is 5.54 Å². The van der Waals surface area contributed by atoms with Crippen molar-refractivity contribution in [2.75, 3.05) is 13.6 Å². The van der Waals surface area contributed by atoms with Crippen molar-refractivity contribution in [1.82, 2.24) is 10.2 Å². The van der Waals surface area contributed by atoms with E-state index in [-0.39, 0.29) is 17.6 Å². The van der Waals surface area contributed by atoms with Crippen LogP contribution in [0.25, 0.3) is 0 Å². The molecular formula is C13H27N3O. The summed E-state index contributed by atoms with van der Waals surface area (Å²) in [5, 5.41) is 2.95. The molecule has 1 rings (SSSR count). The van der Waals surface area contributed by atoms with Crippen LogP contribution in [0.2, 0.25) is 0 Å². The van der Waals surface area contributed by atoms with Crippen LogP contribution in [-0.4, -0.2) is 36.1 Å². The third-order valence-corrected chi connectivity index (χ3v) is 3.88. The van der Waals surface area contributed by atoms with Crippen LogP contribution < -0.4 is 11.1 Å². The summed E-state index contributed by atoms with van der Waals surface area (Å²) in [6.45, 7) is 6.76. The molecule has 0 bridgehead atoms. The van der Waals surface area contributed by atoms with E-state index in [1.807, 2.05) is 25.8 Å². The number of carbonyl (C=O) groups excluding carboxylic acids is 1. The second kappa shape index (κ2) is 5.71. The van der Waals surface area contributed by atoms with Crippen LogP contribution in [0.5, 0.6) is 0 Å². The smallest absolute Gasteiger partial charge is 0.317 e. The third-order valence-electron chi connectivity index (χ3n) is 3.88. The molecule has 1 aliphatic carbocycles. The number of rotatable bonds is 3. The molecule has 4 heteroatoms. The Labute approximate surface area is 105 Å². The monoisotopic (exact) mass is 241 g/mol. The molecule has 0 heterocycles. The Bertz CT molecular complexity index is 267. The third kappa shape index (κ3) is 3.35. The van der Waals surface area contributed by atoms with Crippen molar-refractivity contribution in [2.24, 2.45) is 11.7 Å². The van der Waals surface area contributed by atoms with Gasteiger partial charge in [0.1, 0.15) is 0 Å². The highest BCUT2D eigenvalue weighted by atomic mass is 16.2. The number of nitrogens with one attached hydrogen (secondary N) is 1. The van der Waals surface area contributed by atoms with E-state index in [0.29, 0.717) is 12.5 Å². The Balaban J connectivity index is 2.74. The fourth-order valence-corrected chi connectivity index (χ4v) is 2.82. The van der Waals surface area contributed by atoms with Crippen molar-refractivity contribution in [3.63, 3.8) is 0 Å². The first-order valence-corrected chi connectivity index (χ1v) is 6.65. The highest BCUT2D eigenvalue weighted by Gasteiger charge is 2.39. The van der Waals surface area contributed by atoms with Crippen LogP contribution in [0.3, 0.4) is 0 Å². The number of hydrogen-bond donors (Lipinski definition) is 2. The zero-order valence-electron chi connectivity index (χ0n) is 11.6. The SMILES string of the molecule is CC1CCCC(CN)(N(C)C(=O)NC(C)C)C1. The minimum atomic E-state index is -0.142. The summed E-state index contributed by atoms with van der Waals surface area (Å²) >= 11 is 0. The maximum Gasteiger partial charge on any atom is 0.317 e. The van der Waals surface area contributed by atoms with E-state index in [1.165, 1.54) is 6.42 Å². The summed E-state index contributed by atoms with van der Waals surface area (Å²) in [6, 6.07) is 0.167. The zero-order chi connectivity index (χ0) is 13.1. The fraction of sp³-hybridized carbons (Fsp3) is 0.923. The van der Waals surface area contributed by atoms with Gasteiger partial charge in [-0.1, -0.05) is 19.8 Å². The van der Waals surface area contributed by atoms with Crippen LogP contribution in [-0.2, 0) is 0 Å². The number of nitrogens with two attached hydrogens (primary N) is 1. The summed E-state index contributed by atoms with van der Waals surface area (Å²) in [4.78, 5) is 13.9. The molecule has 3 N–H and O–H groups in total. The first-order chi connectivity index (χ1) is 7.91. The highest BCUT2D eigenvalue weighted by molar-refractivity contribution is 5.75. The molecule has 2 atom stereocenters. The molecule has 17 heavy (non-hydrogen) atoms. The average molecular weight is 241 g/mol. The quantitative estimate of drug-likeness (QED) is 0.793. The molecule has 4 nitrogen and oxygen atoms in total. The predicted octanol–water partition coefficient (Wildman–Crippen LogP) is 1.94. The second-order valence-corrected chi connectivity index (χ2v) is 5.79. The molecule has 100 valence electrons. The molecule has 2 amide bonds. The van der Waals surface area contributed by atoms with Crippen molar-refractivity contribution >= 4 is 6.03 Å². The molecule has 0 aliphatic heterocycles. The van der Waals surface area contributed by atoms with Crippen molar-refractivity contribution in [3.8, 4) is 0 Å². The van der Waals surface area contributed by atoms with Gasteiger partial charge in [-0.05, 0) is 32.6 Å². The zero-order valence-corrected chi connectivity index (χ0v) is 11.6. The van der Waals surface area contributed by atoms with Crippen molar-refractivity contribution in [3.05, 3.63) is 0 Å². The lowest BCUT2D eigenvalue weighted by Crippen LogP contribution is -2.59. The van der Waals surface area contributed by atoms with E-state index in [0.717, 1.165) is 19.3 Å². The molecule has 1 aliphatic rings. The van der Waals surface area contributed by atoms with E-state index in [9.17, 15) is 4.79 Å². The average Bonchev–Trinajstić information content (AvgIpc) is 2.26. The van der Waals surface area contributed by atoms with Crippen molar-refractivity contribution < 1.29 is 4.79 Å². The van der Waals surface area contributed by atoms with E-state index < -0.39 is 0 Å². The van der Waals surface area contributed by atoms with Crippen molar-refractivity contribution in [1.29, 1.82) is 0 Å². The fourth-order valence-electron chi connectivity index (χ4n) is 2.82. The van der Waals surface area contributed by atoms with Gasteiger partial charge >= 0.3 is 6.03 Å². The van der Waals surface area contributed by atoms with E-state index in [4.69, 9.17) is 5.73 Å². The van der Waals surface area contributed by atoms with Crippen LogP contribution in [0.1, 0.15) is 46.5 Å². The van der Waals surface area contributed by atoms with Gasteiger partial charge in [-0.15, -0.1) is 0 Å². The standard InChI is InChI=1S/C13H27N3O/c1-10(2)15-12(17)16(4)13(9-14)7-5-6-11(3)8-13/h10-11H,5-9,14H2,1-4H3,(H,15,17). The molecule has 2 unspecified atom stereocenters. The Hall–Kier alpha value is -0.770. The summed E-state index contributed by atoms with van der Waals surface area (Å²) in [5.74, 6) is 0.654. The second-order valence-electron chi connectivity index (χ2n) is 5.79. The molecule has 0 aromatic rings. The first kappa shape index (κ1) is 14.3. The lowest BCUT2D eigenvalue weighted by Gasteiger charge is -2.46. The molecule has 0 aromatic heterocycles. The Morgan fingerprint density at radius 2 is 2.24 bits per heavy atom. The van der Waals surface area contributed by atoms with Gasteiger partial charge in [0.15, 0.2) is 0 Å². The molecule has 0 radical (unpaired) electrons. The van der Waals surface area contributed by atoms with Crippen molar-refractivity contribution in [2.45, 2.75) is 58.0 Å². The molecule has 1 saturated carbocycles. The van der Waals surface area contributed by atoms with Crippen LogP contribution >= 0.6 is 0 Å². The normalized spacial score (nSPS) is 29.2. The Morgan fingerprint density at radius 3 is 2.71 bits per heavy atom. The van der Waals surface area contributed by atoms with Crippen LogP contribution in [0.4, 0.5) is 4.79 Å². The largest absolute Gasteiger partial charge is 0.336 e. The van der Waals surface area contributed by atoms with Gasteiger partial charge in [0.2, 0.25) is 0 Å². The summed E-state index contributed by atoms with van der Waals surface area (Å²) in [5.41, 5.74) is 5.81. The van der Waals surface area contributed by atoms with Gasteiger partial charge in [0.25, 0.3) is 0 Å². The van der Waals surface area contributed by atoms with Crippen LogP contribution in [0.15, 0.2) is 0 Å². The highest BCUT2D eigenvalue weighted by Crippen LogP contribution is 2.35. The minimum Gasteiger partial charge on any atom is -0.336 e. The summed E-state index contributed by atoms with van der Waals surface area (Å²) in [6.07, 6.45) is 4.46. The summed E-state index contributed by atoms with van der Waals surface area (Å²) < 4.78 is 0. The topological polar surface area (TPSA) is 58.4 Å². The van der Waals surface area contributed by atoms with Gasteiger partial charge < -0.3 is 16.0 Å². The lowest BCUT2D eigenvalue weighted by atomic mass is 9.75. The van der Waals surface area contributed by atoms with Gasteiger partial charge in [-0.3, -0.25) is 0 Å². The minimum absolute atomic E-state index is 0.000417. The van der Waals surface area contributed by atoms with Gasteiger partial charge in [-0.2, -0.15) is 0 Å². The Morgan fingerprint density at radius 1 is 1.59 bits per heavy atom. The number of urea groups is 1. The number of carbonyl (C=O) groups is 1. The first-order valence-electron chi connectivity index (χ1n) is 6.65. The van der Waals surface area contributed by atoms with Gasteiger partial charge in [-0.25, -0.2) is 4.79 Å². The van der Waals surface area contributed by atoms with E-state index >= 15 is 0 Å². The number of amides is 2. The Kier molecular flexibility index (Phi) is 4.80. The molecule has 0 saturated heterocycles.